The number of hydrogen-bond donors (Lipinski definition) is 0. The maximum absolute atomic E-state index is 12.9. The molecule has 1 aliphatic rings. The molecule has 4 heterocycles. The Morgan fingerprint density at radius 1 is 1.11 bits per heavy atom. The number of hydrogen-bond acceptors (Lipinski definition) is 5. The molecule has 1 atom stereocenters. The van der Waals surface area contributed by atoms with Gasteiger partial charge in [-0.2, -0.15) is 18.3 Å². The van der Waals surface area contributed by atoms with Crippen LogP contribution in [0.2, 0.25) is 0 Å². The van der Waals surface area contributed by atoms with E-state index in [1.807, 2.05) is 29.9 Å². The van der Waals surface area contributed by atoms with Crippen LogP contribution in [0.4, 0.5) is 13.2 Å². The second kappa shape index (κ2) is 9.01. The lowest BCUT2D eigenvalue weighted by Gasteiger charge is -2.22. The number of halogens is 3. The summed E-state index contributed by atoms with van der Waals surface area (Å²) in [6.07, 6.45) is 6.27. The van der Waals surface area contributed by atoms with Gasteiger partial charge in [-0.25, -0.2) is 19.6 Å². The standard InChI is InChI=1S/C25H23F3N6O/c1-16-14-33(15-30-16)24-21(35-2)12-17(13-29-24)5-10-22-31-23-20(4-3-11-34(23)32-22)18-6-8-19(9-7-18)25(26,27)28/h5-10,12-15,20H,3-4,11H2,1-2H3/b10-5+/t20-/m0/s1. The lowest BCUT2D eigenvalue weighted by atomic mass is 9.90. The Morgan fingerprint density at radius 2 is 1.91 bits per heavy atom. The first-order valence-electron chi connectivity index (χ1n) is 11.2. The van der Waals surface area contributed by atoms with E-state index < -0.39 is 11.7 Å². The van der Waals surface area contributed by atoms with E-state index in [1.54, 1.807) is 30.3 Å². The summed E-state index contributed by atoms with van der Waals surface area (Å²) < 4.78 is 48.0. The van der Waals surface area contributed by atoms with Gasteiger partial charge in [-0.1, -0.05) is 12.1 Å². The van der Waals surface area contributed by atoms with Crippen LogP contribution in [0.1, 0.15) is 52.8 Å². The van der Waals surface area contributed by atoms with E-state index in [-0.39, 0.29) is 5.92 Å². The Labute approximate surface area is 199 Å². The second-order valence-corrected chi connectivity index (χ2v) is 8.42. The van der Waals surface area contributed by atoms with Crippen molar-refractivity contribution in [3.05, 3.63) is 83.1 Å². The average Bonchev–Trinajstić information content (AvgIpc) is 3.47. The Morgan fingerprint density at radius 3 is 2.60 bits per heavy atom. The van der Waals surface area contributed by atoms with Gasteiger partial charge in [-0.05, 0) is 61.2 Å². The minimum Gasteiger partial charge on any atom is -0.493 e. The molecule has 10 heteroatoms. The van der Waals surface area contributed by atoms with Gasteiger partial charge in [-0.3, -0.25) is 4.57 Å². The Kier molecular flexibility index (Phi) is 5.88. The van der Waals surface area contributed by atoms with Gasteiger partial charge in [0.05, 0.1) is 18.4 Å². The molecule has 7 nitrogen and oxygen atoms in total. The first kappa shape index (κ1) is 22.8. The van der Waals surface area contributed by atoms with Crippen molar-refractivity contribution in [3.8, 4) is 11.6 Å². The maximum Gasteiger partial charge on any atom is 0.416 e. The molecule has 3 aromatic heterocycles. The maximum atomic E-state index is 12.9. The van der Waals surface area contributed by atoms with Gasteiger partial charge in [0.2, 0.25) is 0 Å². The molecule has 0 N–H and O–H groups in total. The number of methoxy groups -OCH3 is 1. The summed E-state index contributed by atoms with van der Waals surface area (Å²) >= 11 is 0. The number of imidazole rings is 1. The number of rotatable bonds is 5. The SMILES string of the molecule is COc1cc(/C=C/c2nc3n(n2)CCC[C@H]3c2ccc(C(F)(F)F)cc2)cnc1-n1cnc(C)c1. The molecule has 1 aliphatic heterocycles. The highest BCUT2D eigenvalue weighted by Crippen LogP contribution is 2.35. The minimum atomic E-state index is -4.35. The van der Waals surface area contributed by atoms with E-state index in [9.17, 15) is 13.2 Å². The van der Waals surface area contributed by atoms with Crippen LogP contribution in [0.3, 0.4) is 0 Å². The summed E-state index contributed by atoms with van der Waals surface area (Å²) in [5, 5.41) is 4.58. The van der Waals surface area contributed by atoms with Crippen molar-refractivity contribution in [2.45, 2.75) is 38.4 Å². The Balaban J connectivity index is 1.38. The van der Waals surface area contributed by atoms with Crippen molar-refractivity contribution in [2.75, 3.05) is 7.11 Å². The van der Waals surface area contributed by atoms with Crippen molar-refractivity contribution in [1.29, 1.82) is 0 Å². The van der Waals surface area contributed by atoms with Gasteiger partial charge in [-0.15, -0.1) is 0 Å². The molecule has 1 aromatic carbocycles. The van der Waals surface area contributed by atoms with Crippen LogP contribution < -0.4 is 4.74 Å². The molecule has 5 rings (SSSR count). The largest absolute Gasteiger partial charge is 0.493 e. The van der Waals surface area contributed by atoms with Crippen LogP contribution in [-0.4, -0.2) is 36.4 Å². The van der Waals surface area contributed by atoms with Crippen molar-refractivity contribution < 1.29 is 17.9 Å². The van der Waals surface area contributed by atoms with E-state index >= 15 is 0 Å². The summed E-state index contributed by atoms with van der Waals surface area (Å²) in [4.78, 5) is 13.4. The molecule has 4 aromatic rings. The number of aryl methyl sites for hydroxylation is 2. The van der Waals surface area contributed by atoms with Gasteiger partial charge in [0.15, 0.2) is 17.4 Å². The monoisotopic (exact) mass is 480 g/mol. The smallest absolute Gasteiger partial charge is 0.416 e. The summed E-state index contributed by atoms with van der Waals surface area (Å²) in [5.41, 5.74) is 1.85. The van der Waals surface area contributed by atoms with Gasteiger partial charge in [0, 0.05) is 24.9 Å². The Bertz CT molecular complexity index is 1370. The zero-order valence-electron chi connectivity index (χ0n) is 19.2. The summed E-state index contributed by atoms with van der Waals surface area (Å²) in [6, 6.07) is 7.19. The fourth-order valence-corrected chi connectivity index (χ4v) is 4.26. The fourth-order valence-electron chi connectivity index (χ4n) is 4.26. The van der Waals surface area contributed by atoms with E-state index in [0.717, 1.165) is 54.2 Å². The highest BCUT2D eigenvalue weighted by Gasteiger charge is 2.31. The number of alkyl halides is 3. The second-order valence-electron chi connectivity index (χ2n) is 8.42. The van der Waals surface area contributed by atoms with Crippen LogP contribution in [0.15, 0.2) is 49.1 Å². The molecule has 0 saturated carbocycles. The third-order valence-electron chi connectivity index (χ3n) is 5.99. The molecule has 0 aliphatic carbocycles. The van der Waals surface area contributed by atoms with Crippen molar-refractivity contribution in [1.82, 2.24) is 29.3 Å². The number of pyridine rings is 1. The molecule has 35 heavy (non-hydrogen) atoms. The third-order valence-corrected chi connectivity index (χ3v) is 5.99. The van der Waals surface area contributed by atoms with Crippen molar-refractivity contribution in [2.24, 2.45) is 0 Å². The summed E-state index contributed by atoms with van der Waals surface area (Å²) in [7, 11) is 1.59. The number of fused-ring (bicyclic) bond motifs is 1. The van der Waals surface area contributed by atoms with Crippen LogP contribution in [0.5, 0.6) is 5.75 Å². The number of benzene rings is 1. The molecule has 180 valence electrons. The Hall–Kier alpha value is -3.95. The van der Waals surface area contributed by atoms with Gasteiger partial charge < -0.3 is 4.74 Å². The van der Waals surface area contributed by atoms with Crippen LogP contribution in [0, 0.1) is 6.92 Å². The van der Waals surface area contributed by atoms with Crippen LogP contribution >= 0.6 is 0 Å². The van der Waals surface area contributed by atoms with E-state index in [0.29, 0.717) is 17.4 Å². The summed E-state index contributed by atoms with van der Waals surface area (Å²) in [6.45, 7) is 2.63. The lowest BCUT2D eigenvalue weighted by molar-refractivity contribution is -0.137. The third kappa shape index (κ3) is 4.68. The number of nitrogens with zero attached hydrogens (tertiary/aromatic N) is 6. The summed E-state index contributed by atoms with van der Waals surface area (Å²) in [5.74, 6) is 2.44. The fraction of sp³-hybridized carbons (Fsp3) is 0.280. The quantitative estimate of drug-likeness (QED) is 0.388. The van der Waals surface area contributed by atoms with E-state index in [2.05, 4.69) is 20.1 Å². The molecular formula is C25H23F3N6O. The molecular weight excluding hydrogens is 457 g/mol. The molecule has 0 unspecified atom stereocenters. The van der Waals surface area contributed by atoms with Crippen molar-refractivity contribution >= 4 is 12.2 Å². The van der Waals surface area contributed by atoms with E-state index in [4.69, 9.17) is 4.74 Å². The lowest BCUT2D eigenvalue weighted by Crippen LogP contribution is -2.18. The molecule has 0 spiro atoms. The predicted molar refractivity (Wildman–Crippen MR) is 124 cm³/mol. The van der Waals surface area contributed by atoms with Gasteiger partial charge in [0.25, 0.3) is 0 Å². The zero-order chi connectivity index (χ0) is 24.6. The van der Waals surface area contributed by atoms with E-state index in [1.165, 1.54) is 12.1 Å². The molecule has 0 saturated heterocycles. The molecule has 0 bridgehead atoms. The zero-order valence-corrected chi connectivity index (χ0v) is 19.2. The van der Waals surface area contributed by atoms with Gasteiger partial charge >= 0.3 is 6.18 Å². The highest BCUT2D eigenvalue weighted by atomic mass is 19.4. The van der Waals surface area contributed by atoms with Gasteiger partial charge in [0.1, 0.15) is 12.2 Å². The minimum absolute atomic E-state index is 0.0969. The number of ether oxygens (including phenoxy) is 1. The first-order chi connectivity index (χ1) is 16.8. The average molecular weight is 480 g/mol. The molecule has 0 fully saturated rings. The molecule has 0 amide bonds. The first-order valence-corrected chi connectivity index (χ1v) is 11.2. The molecule has 0 radical (unpaired) electrons. The van der Waals surface area contributed by atoms with Crippen molar-refractivity contribution in [3.63, 3.8) is 0 Å². The van der Waals surface area contributed by atoms with Crippen LogP contribution in [0.25, 0.3) is 18.0 Å². The highest BCUT2D eigenvalue weighted by molar-refractivity contribution is 5.67. The van der Waals surface area contributed by atoms with Crippen LogP contribution in [-0.2, 0) is 12.7 Å². The topological polar surface area (TPSA) is 70.7 Å². The number of aromatic nitrogens is 6. The normalized spacial score (nSPS) is 16.0. The predicted octanol–water partition coefficient (Wildman–Crippen LogP) is 5.29.